The minimum Gasteiger partial charge on any atom is -0.466 e. The highest BCUT2D eigenvalue weighted by Gasteiger charge is 2.53. The number of nitrogens with one attached hydrogen (secondary N) is 1. The Labute approximate surface area is 234 Å². The molecule has 4 rings (SSSR count). The highest BCUT2D eigenvalue weighted by molar-refractivity contribution is 5.81. The molecule has 1 N–H and O–H groups in total. The van der Waals surface area contributed by atoms with Crippen molar-refractivity contribution in [3.05, 3.63) is 47.0 Å². The van der Waals surface area contributed by atoms with E-state index in [0.29, 0.717) is 19.3 Å². The van der Waals surface area contributed by atoms with Crippen LogP contribution in [-0.4, -0.2) is 43.3 Å². The van der Waals surface area contributed by atoms with E-state index in [4.69, 9.17) is 9.47 Å². The monoisotopic (exact) mass is 563 g/mol. The molecular formula is C31H40F3NO5. The second-order valence-electron chi connectivity index (χ2n) is 12.2. The summed E-state index contributed by atoms with van der Waals surface area (Å²) in [7, 11) is 0. The minimum absolute atomic E-state index is 0.0447. The van der Waals surface area contributed by atoms with Crippen molar-refractivity contribution in [3.63, 3.8) is 0 Å². The summed E-state index contributed by atoms with van der Waals surface area (Å²) >= 11 is 0. The summed E-state index contributed by atoms with van der Waals surface area (Å²) in [6.45, 7) is 7.11. The third kappa shape index (κ3) is 6.08. The molecule has 1 amide bonds. The molecule has 220 valence electrons. The molecule has 3 aliphatic rings. The van der Waals surface area contributed by atoms with Crippen molar-refractivity contribution >= 4 is 17.8 Å². The standard InChI is InChI=1S/C31H40F3NO5/c1-19(36)39-18-22-16-23(40-20(2)37)12-14-30(22,4)27-11-10-26-24(25(27)17-35-28(38)31(32,33)34)13-15-29(26,3)21-8-6-5-7-9-21/h5-9,22-23,25,27H,10-18H2,1-4H3,(H,35,38)/t22-,23?,25+,27+,29+,30+/m1/s1. The highest BCUT2D eigenvalue weighted by Crippen LogP contribution is 2.60. The Hall–Kier alpha value is -2.84. The van der Waals surface area contributed by atoms with E-state index in [0.717, 1.165) is 31.3 Å². The van der Waals surface area contributed by atoms with Crippen molar-refractivity contribution in [3.8, 4) is 0 Å². The molecule has 1 aromatic rings. The van der Waals surface area contributed by atoms with Gasteiger partial charge in [0.15, 0.2) is 0 Å². The quantitative estimate of drug-likeness (QED) is 0.323. The van der Waals surface area contributed by atoms with Crippen LogP contribution in [0.1, 0.15) is 78.2 Å². The molecule has 0 spiro atoms. The number of hydrogen-bond donors (Lipinski definition) is 1. The largest absolute Gasteiger partial charge is 0.471 e. The van der Waals surface area contributed by atoms with Crippen LogP contribution in [0, 0.1) is 23.2 Å². The fraction of sp³-hybridized carbons (Fsp3) is 0.645. The summed E-state index contributed by atoms with van der Waals surface area (Å²) in [4.78, 5) is 35.4. The molecule has 1 fully saturated rings. The lowest BCUT2D eigenvalue weighted by molar-refractivity contribution is -0.174. The van der Waals surface area contributed by atoms with E-state index in [1.165, 1.54) is 25.0 Å². The first-order chi connectivity index (χ1) is 18.8. The van der Waals surface area contributed by atoms with Gasteiger partial charge in [-0.2, -0.15) is 13.2 Å². The van der Waals surface area contributed by atoms with Crippen molar-refractivity contribution in [2.45, 2.75) is 90.3 Å². The van der Waals surface area contributed by atoms with Crippen LogP contribution in [0.4, 0.5) is 13.2 Å². The Morgan fingerprint density at radius 2 is 1.70 bits per heavy atom. The Bertz CT molecular complexity index is 1150. The van der Waals surface area contributed by atoms with Crippen molar-refractivity contribution in [2.24, 2.45) is 23.2 Å². The van der Waals surface area contributed by atoms with E-state index >= 15 is 0 Å². The smallest absolute Gasteiger partial charge is 0.466 e. The number of benzene rings is 1. The Kier molecular flexibility index (Phi) is 8.71. The number of hydrogen-bond acceptors (Lipinski definition) is 5. The van der Waals surface area contributed by atoms with Crippen LogP contribution in [0.2, 0.25) is 0 Å². The van der Waals surface area contributed by atoms with E-state index in [9.17, 15) is 27.6 Å². The highest BCUT2D eigenvalue weighted by atomic mass is 19.4. The first-order valence-corrected chi connectivity index (χ1v) is 14.2. The average molecular weight is 564 g/mol. The molecule has 6 nitrogen and oxygen atoms in total. The van der Waals surface area contributed by atoms with Crippen LogP contribution in [-0.2, 0) is 29.3 Å². The third-order valence-electron chi connectivity index (χ3n) is 9.89. The maximum absolute atomic E-state index is 13.2. The number of alkyl halides is 3. The maximum atomic E-state index is 13.2. The molecule has 0 aromatic heterocycles. The molecule has 0 radical (unpaired) electrons. The Morgan fingerprint density at radius 3 is 2.33 bits per heavy atom. The third-order valence-corrected chi connectivity index (χ3v) is 9.89. The van der Waals surface area contributed by atoms with Gasteiger partial charge in [-0.25, -0.2) is 0 Å². The SMILES string of the molecule is CC(=O)OC[C@H]1CC(OC(C)=O)CC[C@]1(C)[C@H]1CCC2=C(CC[C@@]2(C)c2ccccc2)[C@@H]1CNC(=O)C(F)(F)F. The molecule has 3 aliphatic carbocycles. The van der Waals surface area contributed by atoms with Crippen molar-refractivity contribution < 1.29 is 37.0 Å². The number of amides is 1. The average Bonchev–Trinajstić information content (AvgIpc) is 3.25. The van der Waals surface area contributed by atoms with E-state index in [-0.39, 0.29) is 48.4 Å². The van der Waals surface area contributed by atoms with E-state index in [2.05, 4.69) is 31.3 Å². The second kappa shape index (κ2) is 11.6. The van der Waals surface area contributed by atoms with Gasteiger partial charge in [-0.15, -0.1) is 0 Å². The number of halogens is 3. The first-order valence-electron chi connectivity index (χ1n) is 14.2. The molecule has 0 bridgehead atoms. The zero-order valence-corrected chi connectivity index (χ0v) is 23.7. The topological polar surface area (TPSA) is 81.7 Å². The normalized spacial score (nSPS) is 32.3. The molecule has 9 heteroatoms. The van der Waals surface area contributed by atoms with Gasteiger partial charge in [-0.1, -0.05) is 55.3 Å². The Balaban J connectivity index is 1.71. The van der Waals surface area contributed by atoms with Crippen molar-refractivity contribution in [1.82, 2.24) is 5.32 Å². The summed E-state index contributed by atoms with van der Waals surface area (Å²) in [6.07, 6.45) is -0.278. The van der Waals surface area contributed by atoms with Gasteiger partial charge in [0, 0.05) is 37.6 Å². The van der Waals surface area contributed by atoms with E-state index < -0.39 is 23.5 Å². The predicted octanol–water partition coefficient (Wildman–Crippen LogP) is 6.04. The number of carbonyl (C=O) groups excluding carboxylic acids is 3. The fourth-order valence-corrected chi connectivity index (χ4v) is 7.80. The molecule has 1 aromatic carbocycles. The molecule has 0 aliphatic heterocycles. The summed E-state index contributed by atoms with van der Waals surface area (Å²) in [6, 6.07) is 10.2. The van der Waals surface area contributed by atoms with Crippen LogP contribution in [0.3, 0.4) is 0 Å². The molecule has 1 saturated carbocycles. The summed E-state index contributed by atoms with van der Waals surface area (Å²) in [5.74, 6) is -3.18. The van der Waals surface area contributed by atoms with Crippen molar-refractivity contribution in [2.75, 3.05) is 13.2 Å². The van der Waals surface area contributed by atoms with Crippen LogP contribution < -0.4 is 5.32 Å². The van der Waals surface area contributed by atoms with Crippen LogP contribution in [0.15, 0.2) is 41.5 Å². The second-order valence-corrected chi connectivity index (χ2v) is 12.2. The summed E-state index contributed by atoms with van der Waals surface area (Å²) in [5.41, 5.74) is 3.01. The van der Waals surface area contributed by atoms with E-state index in [1.807, 2.05) is 18.2 Å². The number of allylic oxidation sites excluding steroid dienone is 1. The van der Waals surface area contributed by atoms with Gasteiger partial charge in [0.25, 0.3) is 0 Å². The summed E-state index contributed by atoms with van der Waals surface area (Å²) < 4.78 is 50.6. The molecule has 40 heavy (non-hydrogen) atoms. The molecule has 0 saturated heterocycles. The van der Waals surface area contributed by atoms with Crippen LogP contribution in [0.5, 0.6) is 0 Å². The molecular weight excluding hydrogens is 523 g/mol. The molecule has 1 unspecified atom stereocenters. The van der Waals surface area contributed by atoms with Crippen LogP contribution in [0.25, 0.3) is 0 Å². The predicted molar refractivity (Wildman–Crippen MR) is 143 cm³/mol. The number of ether oxygens (including phenoxy) is 2. The van der Waals surface area contributed by atoms with Gasteiger partial charge in [-0.05, 0) is 61.8 Å². The van der Waals surface area contributed by atoms with E-state index in [1.54, 1.807) is 0 Å². The van der Waals surface area contributed by atoms with Gasteiger partial charge >= 0.3 is 24.0 Å². The maximum Gasteiger partial charge on any atom is 0.471 e. The lowest BCUT2D eigenvalue weighted by atomic mass is 9.53. The van der Waals surface area contributed by atoms with Gasteiger partial charge in [0.05, 0.1) is 6.61 Å². The fourth-order valence-electron chi connectivity index (χ4n) is 7.80. The number of rotatable bonds is 7. The molecule has 6 atom stereocenters. The minimum atomic E-state index is -4.96. The molecule has 0 heterocycles. The first kappa shape index (κ1) is 30.1. The van der Waals surface area contributed by atoms with Gasteiger partial charge in [0.1, 0.15) is 6.10 Å². The Morgan fingerprint density at radius 1 is 1.00 bits per heavy atom. The zero-order chi connectivity index (χ0) is 29.3. The number of carbonyl (C=O) groups is 3. The van der Waals surface area contributed by atoms with Gasteiger partial charge in [-0.3, -0.25) is 14.4 Å². The summed E-state index contributed by atoms with van der Waals surface area (Å²) in [5, 5.41) is 2.21. The zero-order valence-electron chi connectivity index (χ0n) is 23.7. The van der Waals surface area contributed by atoms with Crippen LogP contribution >= 0.6 is 0 Å². The van der Waals surface area contributed by atoms with Crippen molar-refractivity contribution in [1.29, 1.82) is 0 Å². The number of esters is 2. The lowest BCUT2D eigenvalue weighted by Crippen LogP contribution is -2.51. The van der Waals surface area contributed by atoms with Gasteiger partial charge in [0.2, 0.25) is 0 Å². The lowest BCUT2D eigenvalue weighted by Gasteiger charge is -2.53. The van der Waals surface area contributed by atoms with Gasteiger partial charge < -0.3 is 14.8 Å².